The quantitative estimate of drug-likeness (QED) is 0.430. The average Bonchev–Trinajstić information content (AvgIpc) is 2.74. The number of amides is 1. The second kappa shape index (κ2) is 9.28. The highest BCUT2D eigenvalue weighted by atomic mass is 35.5. The number of halogens is 1. The van der Waals surface area contributed by atoms with E-state index in [9.17, 15) is 4.79 Å². The van der Waals surface area contributed by atoms with Gasteiger partial charge in [0.25, 0.3) is 5.91 Å². The van der Waals surface area contributed by atoms with Crippen LogP contribution in [0.1, 0.15) is 50.9 Å². The topological polar surface area (TPSA) is 89.3 Å². The highest BCUT2D eigenvalue weighted by Crippen LogP contribution is 2.38. The Morgan fingerprint density at radius 2 is 1.71 bits per heavy atom. The maximum absolute atomic E-state index is 13.0. The summed E-state index contributed by atoms with van der Waals surface area (Å²) in [5.74, 6) is 1.33. The lowest BCUT2D eigenvalue weighted by molar-refractivity contribution is 0.0873. The first-order valence-corrected chi connectivity index (χ1v) is 11.8. The van der Waals surface area contributed by atoms with Crippen molar-refractivity contribution in [2.24, 2.45) is 0 Å². The van der Waals surface area contributed by atoms with Gasteiger partial charge in [0.05, 0.1) is 5.02 Å². The van der Waals surface area contributed by atoms with Gasteiger partial charge in [-0.2, -0.15) is 0 Å². The monoisotopic (exact) mass is 478 g/mol. The number of aromatic nitrogens is 1. The Bertz CT molecular complexity index is 1190. The van der Waals surface area contributed by atoms with Crippen molar-refractivity contribution in [2.45, 2.75) is 57.7 Å². The molecular formula is C27H31ClN4O2. The molecule has 2 aromatic carbocycles. The Morgan fingerprint density at radius 1 is 1.03 bits per heavy atom. The molecule has 178 valence electrons. The van der Waals surface area contributed by atoms with Crippen LogP contribution in [0.25, 0.3) is 11.1 Å². The van der Waals surface area contributed by atoms with Crippen molar-refractivity contribution in [3.8, 4) is 22.6 Å². The summed E-state index contributed by atoms with van der Waals surface area (Å²) in [6.07, 6.45) is 3.35. The smallest absolute Gasteiger partial charge is 0.251 e. The molecule has 6 nitrogen and oxygen atoms in total. The zero-order chi connectivity index (χ0) is 24.5. The number of pyridine rings is 1. The van der Waals surface area contributed by atoms with E-state index in [0.29, 0.717) is 27.9 Å². The summed E-state index contributed by atoms with van der Waals surface area (Å²) in [7, 11) is 0. The summed E-state index contributed by atoms with van der Waals surface area (Å²) in [5, 5.41) is 7.17. The molecule has 1 saturated heterocycles. The number of ether oxygens (including phenoxy) is 1. The minimum atomic E-state index is -0.143. The second-order valence-electron chi connectivity index (χ2n) is 10.2. The van der Waals surface area contributed by atoms with E-state index in [0.717, 1.165) is 24.0 Å². The maximum atomic E-state index is 13.0. The van der Waals surface area contributed by atoms with Gasteiger partial charge in [0.15, 0.2) is 0 Å². The number of rotatable bonds is 5. The van der Waals surface area contributed by atoms with Crippen LogP contribution in [-0.4, -0.2) is 28.0 Å². The number of anilines is 1. The molecule has 2 heterocycles. The van der Waals surface area contributed by atoms with Gasteiger partial charge in [0.1, 0.15) is 17.3 Å². The molecule has 0 spiro atoms. The number of carbonyl (C=O) groups is 1. The average molecular weight is 479 g/mol. The Morgan fingerprint density at radius 3 is 2.38 bits per heavy atom. The number of carbonyl (C=O) groups excluding carboxylic acids is 1. The Kier molecular flexibility index (Phi) is 6.56. The first-order chi connectivity index (χ1) is 16.0. The van der Waals surface area contributed by atoms with Crippen molar-refractivity contribution in [2.75, 3.05) is 5.73 Å². The van der Waals surface area contributed by atoms with Crippen LogP contribution in [0.15, 0.2) is 60.8 Å². The molecule has 4 N–H and O–H groups in total. The van der Waals surface area contributed by atoms with Crippen LogP contribution < -0.4 is 21.1 Å². The van der Waals surface area contributed by atoms with E-state index < -0.39 is 0 Å². The standard InChI is InChI=1S/C27H31ClN4O2/c1-26(2)15-18(16-27(3,4)32-26)31-25(33)17-11-12-23(21(28)14-17)34-22-10-6-5-8-19(22)20-9-7-13-30-24(20)29/h5-14,18,32H,15-16H2,1-4H3,(H2,29,30)(H,31,33). The molecule has 1 aliphatic heterocycles. The van der Waals surface area contributed by atoms with Crippen molar-refractivity contribution >= 4 is 23.3 Å². The number of para-hydroxylation sites is 1. The number of hydrogen-bond donors (Lipinski definition) is 3. The molecule has 0 saturated carbocycles. The van der Waals surface area contributed by atoms with Crippen LogP contribution >= 0.6 is 11.6 Å². The van der Waals surface area contributed by atoms with Gasteiger partial charge in [-0.1, -0.05) is 29.8 Å². The molecule has 1 fully saturated rings. The van der Waals surface area contributed by atoms with E-state index in [1.165, 1.54) is 0 Å². The first kappa shape index (κ1) is 24.0. The number of benzene rings is 2. The summed E-state index contributed by atoms with van der Waals surface area (Å²) < 4.78 is 6.13. The molecule has 0 bridgehead atoms. The summed E-state index contributed by atoms with van der Waals surface area (Å²) >= 11 is 6.53. The fraction of sp³-hybridized carbons (Fsp3) is 0.333. The highest BCUT2D eigenvalue weighted by molar-refractivity contribution is 6.32. The fourth-order valence-electron chi connectivity index (χ4n) is 4.96. The van der Waals surface area contributed by atoms with Gasteiger partial charge in [0.2, 0.25) is 0 Å². The third-order valence-corrected chi connectivity index (χ3v) is 6.25. The van der Waals surface area contributed by atoms with Crippen LogP contribution in [0.5, 0.6) is 11.5 Å². The highest BCUT2D eigenvalue weighted by Gasteiger charge is 2.38. The van der Waals surface area contributed by atoms with E-state index in [1.54, 1.807) is 24.4 Å². The van der Waals surface area contributed by atoms with E-state index in [2.05, 4.69) is 43.3 Å². The molecule has 0 atom stereocenters. The van der Waals surface area contributed by atoms with E-state index in [1.807, 2.05) is 36.4 Å². The van der Waals surface area contributed by atoms with Gasteiger partial charge in [0, 0.05) is 40.0 Å². The van der Waals surface area contributed by atoms with Crippen LogP contribution in [0.3, 0.4) is 0 Å². The molecule has 0 aliphatic carbocycles. The van der Waals surface area contributed by atoms with Gasteiger partial charge >= 0.3 is 0 Å². The molecule has 0 radical (unpaired) electrons. The maximum Gasteiger partial charge on any atom is 0.251 e. The number of piperidine rings is 1. The van der Waals surface area contributed by atoms with Crippen molar-refractivity contribution < 1.29 is 9.53 Å². The lowest BCUT2D eigenvalue weighted by Crippen LogP contribution is -2.62. The number of nitrogens with one attached hydrogen (secondary N) is 2. The molecule has 7 heteroatoms. The molecule has 1 aliphatic rings. The third kappa shape index (κ3) is 5.51. The van der Waals surface area contributed by atoms with Gasteiger partial charge in [-0.15, -0.1) is 0 Å². The van der Waals surface area contributed by atoms with Crippen LogP contribution in [-0.2, 0) is 0 Å². The SMILES string of the molecule is CC1(C)CC(NC(=O)c2ccc(Oc3ccccc3-c3cccnc3N)c(Cl)c2)CC(C)(C)N1. The third-order valence-electron chi connectivity index (χ3n) is 5.96. The lowest BCUT2D eigenvalue weighted by atomic mass is 9.79. The Balaban J connectivity index is 1.52. The normalized spacial score (nSPS) is 17.2. The molecule has 4 rings (SSSR count). The zero-order valence-corrected chi connectivity index (χ0v) is 20.7. The molecule has 3 aromatic rings. The largest absolute Gasteiger partial charge is 0.455 e. The summed E-state index contributed by atoms with van der Waals surface area (Å²) in [6.45, 7) is 8.64. The minimum absolute atomic E-state index is 0.0555. The van der Waals surface area contributed by atoms with Gasteiger partial charge in [-0.25, -0.2) is 4.98 Å². The van der Waals surface area contributed by atoms with Crippen molar-refractivity contribution in [1.29, 1.82) is 0 Å². The van der Waals surface area contributed by atoms with Gasteiger partial charge in [-0.3, -0.25) is 4.79 Å². The molecule has 34 heavy (non-hydrogen) atoms. The second-order valence-corrected chi connectivity index (χ2v) is 10.6. The first-order valence-electron chi connectivity index (χ1n) is 11.4. The molecular weight excluding hydrogens is 448 g/mol. The van der Waals surface area contributed by atoms with Gasteiger partial charge < -0.3 is 21.1 Å². The number of nitrogens with zero attached hydrogens (tertiary/aromatic N) is 1. The predicted molar refractivity (Wildman–Crippen MR) is 137 cm³/mol. The predicted octanol–water partition coefficient (Wildman–Crippen LogP) is 5.82. The van der Waals surface area contributed by atoms with E-state index in [-0.39, 0.29) is 23.0 Å². The zero-order valence-electron chi connectivity index (χ0n) is 20.0. The van der Waals surface area contributed by atoms with Crippen LogP contribution in [0.4, 0.5) is 5.82 Å². The van der Waals surface area contributed by atoms with Crippen molar-refractivity contribution in [3.05, 3.63) is 71.4 Å². The van der Waals surface area contributed by atoms with Crippen molar-refractivity contribution in [1.82, 2.24) is 15.6 Å². The fourth-order valence-corrected chi connectivity index (χ4v) is 5.18. The van der Waals surface area contributed by atoms with Gasteiger partial charge in [-0.05, 0) is 76.9 Å². The summed E-state index contributed by atoms with van der Waals surface area (Å²) in [5.41, 5.74) is 8.04. The molecule has 1 aromatic heterocycles. The number of nitrogen functional groups attached to an aromatic ring is 1. The number of nitrogens with two attached hydrogens (primary N) is 1. The summed E-state index contributed by atoms with van der Waals surface area (Å²) in [4.78, 5) is 17.1. The molecule has 1 amide bonds. The van der Waals surface area contributed by atoms with Crippen molar-refractivity contribution in [3.63, 3.8) is 0 Å². The Labute approximate surface area is 205 Å². The van der Waals surface area contributed by atoms with E-state index in [4.69, 9.17) is 22.1 Å². The molecule has 0 unspecified atom stereocenters. The minimum Gasteiger partial charge on any atom is -0.455 e. The van der Waals surface area contributed by atoms with Crippen LogP contribution in [0.2, 0.25) is 5.02 Å². The number of hydrogen-bond acceptors (Lipinski definition) is 5. The Hall–Kier alpha value is -3.09. The van der Waals surface area contributed by atoms with E-state index >= 15 is 0 Å². The summed E-state index contributed by atoms with van der Waals surface area (Å²) in [6, 6.07) is 16.4. The van der Waals surface area contributed by atoms with Crippen LogP contribution in [0, 0.1) is 0 Å². The lowest BCUT2D eigenvalue weighted by Gasteiger charge is -2.46.